The minimum atomic E-state index is -2.36. The van der Waals surface area contributed by atoms with Crippen molar-refractivity contribution in [2.45, 2.75) is 6.42 Å². The third-order valence-electron chi connectivity index (χ3n) is 0.707. The minimum absolute atomic E-state index is 1.25. The molecule has 4 nitrogen and oxygen atoms in total. The van der Waals surface area contributed by atoms with E-state index in [2.05, 4.69) is 10.5 Å². The number of nitrogens with two attached hydrogens (primary N) is 1. The second kappa shape index (κ2) is 5.17. The van der Waals surface area contributed by atoms with E-state index in [1.54, 1.807) is 0 Å². The van der Waals surface area contributed by atoms with Gasteiger partial charge in [-0.15, -0.1) is 0 Å². The summed E-state index contributed by atoms with van der Waals surface area (Å²) in [6.45, 7) is 2.50. The Morgan fingerprint density at radius 1 is 1.62 bits per heavy atom. The van der Waals surface area contributed by atoms with E-state index in [9.17, 15) is 0 Å². The molecule has 50 valence electrons. The predicted octanol–water partition coefficient (Wildman–Crippen LogP) is -1.28. The van der Waals surface area contributed by atoms with Crippen molar-refractivity contribution in [3.8, 4) is 0 Å². The summed E-state index contributed by atoms with van der Waals surface area (Å²) in [5.41, 5.74) is 0. The average molecular weight is 137 g/mol. The van der Waals surface area contributed by atoms with E-state index < -0.39 is 11.3 Å². The van der Waals surface area contributed by atoms with Gasteiger partial charge in [0, 0.05) is 11.3 Å². The van der Waals surface area contributed by atoms with Gasteiger partial charge in [0.2, 0.25) is 0 Å². The Labute approximate surface area is 50.9 Å². The third kappa shape index (κ3) is 9.39. The Kier molecular flexibility index (Phi) is 5.19. The Morgan fingerprint density at radius 3 is 1.75 bits per heavy atom. The maximum atomic E-state index is 8.78. The van der Waals surface area contributed by atoms with Crippen molar-refractivity contribution in [3.63, 3.8) is 0 Å². The smallest absolute Gasteiger partial charge is 0.0152 e. The molecule has 0 aromatic heterocycles. The van der Waals surface area contributed by atoms with E-state index >= 15 is 0 Å². The van der Waals surface area contributed by atoms with Crippen molar-refractivity contribution >= 4 is 11.3 Å². The molecule has 0 aliphatic carbocycles. The molecule has 1 aliphatic rings. The van der Waals surface area contributed by atoms with Crippen LogP contribution in [0, 0.1) is 0 Å². The van der Waals surface area contributed by atoms with Crippen LogP contribution in [0.2, 0.25) is 0 Å². The highest BCUT2D eigenvalue weighted by atomic mass is 32.2. The van der Waals surface area contributed by atoms with Crippen molar-refractivity contribution in [1.82, 2.24) is 5.32 Å². The predicted molar refractivity (Wildman–Crippen MR) is 30.6 cm³/mol. The molecule has 0 aromatic rings. The van der Waals surface area contributed by atoms with Gasteiger partial charge in [-0.25, -0.2) is 0 Å². The molecule has 1 unspecified atom stereocenters. The first-order valence-electron chi connectivity index (χ1n) is 2.28. The second-order valence-corrected chi connectivity index (χ2v) is 1.89. The van der Waals surface area contributed by atoms with Crippen molar-refractivity contribution in [2.75, 3.05) is 13.1 Å². The molecular formula is C3H9N2O2S-. The largest absolute Gasteiger partial charge is 0.760 e. The van der Waals surface area contributed by atoms with Crippen LogP contribution in [-0.4, -0.2) is 21.9 Å². The van der Waals surface area contributed by atoms with Crippen LogP contribution in [-0.2, 0) is 11.3 Å². The monoisotopic (exact) mass is 137 g/mol. The molecule has 1 atom stereocenters. The van der Waals surface area contributed by atoms with Gasteiger partial charge < -0.3 is 9.87 Å². The fourth-order valence-electron chi connectivity index (χ4n) is 0.177. The summed E-state index contributed by atoms with van der Waals surface area (Å²) in [6, 6.07) is 0. The van der Waals surface area contributed by atoms with Gasteiger partial charge in [-0.3, -0.25) is 9.35 Å². The van der Waals surface area contributed by atoms with Crippen molar-refractivity contribution < 1.29 is 8.76 Å². The van der Waals surface area contributed by atoms with E-state index in [1.807, 2.05) is 0 Å². The molecule has 0 amide bonds. The number of nitrogens with one attached hydrogen (secondary N) is 1. The molecule has 0 saturated carbocycles. The second-order valence-electron chi connectivity index (χ2n) is 1.36. The maximum absolute atomic E-state index is 8.78. The van der Waals surface area contributed by atoms with Crippen LogP contribution >= 0.6 is 0 Å². The molecule has 0 bridgehead atoms. The third-order valence-corrected chi connectivity index (χ3v) is 0.707. The molecule has 0 radical (unpaired) electrons. The Hall–Kier alpha value is 0.0300. The van der Waals surface area contributed by atoms with Gasteiger partial charge in [0.1, 0.15) is 0 Å². The molecule has 1 saturated heterocycles. The molecule has 1 aliphatic heterocycles. The summed E-state index contributed by atoms with van der Waals surface area (Å²) < 4.78 is 17.6. The summed E-state index contributed by atoms with van der Waals surface area (Å²) in [4.78, 5) is 0. The fraction of sp³-hybridized carbons (Fsp3) is 1.00. The van der Waals surface area contributed by atoms with E-state index in [0.29, 0.717) is 0 Å². The van der Waals surface area contributed by atoms with Gasteiger partial charge in [-0.2, -0.15) is 0 Å². The van der Waals surface area contributed by atoms with Crippen molar-refractivity contribution in [3.05, 3.63) is 0 Å². The Morgan fingerprint density at radius 2 is 1.75 bits per heavy atom. The van der Waals surface area contributed by atoms with E-state index in [-0.39, 0.29) is 0 Å². The molecule has 1 fully saturated rings. The highest BCUT2D eigenvalue weighted by molar-refractivity contribution is 7.76. The van der Waals surface area contributed by atoms with Gasteiger partial charge in [-0.1, -0.05) is 0 Å². The van der Waals surface area contributed by atoms with Gasteiger partial charge in [0.05, 0.1) is 0 Å². The van der Waals surface area contributed by atoms with Gasteiger partial charge >= 0.3 is 0 Å². The lowest BCUT2D eigenvalue weighted by atomic mass is 10.3. The fourth-order valence-corrected chi connectivity index (χ4v) is 0.177. The number of hydrogen-bond acceptors (Lipinski definition) is 3. The molecule has 3 N–H and O–H groups in total. The van der Waals surface area contributed by atoms with Crippen LogP contribution in [0.15, 0.2) is 0 Å². The van der Waals surface area contributed by atoms with Crippen LogP contribution in [0.3, 0.4) is 0 Å². The highest BCUT2D eigenvalue weighted by Gasteiger charge is 1.92. The topological polar surface area (TPSA) is 78.2 Å². The lowest BCUT2D eigenvalue weighted by Gasteiger charge is -2.09. The summed E-state index contributed by atoms with van der Waals surface area (Å²) in [7, 11) is 0. The van der Waals surface area contributed by atoms with Crippen LogP contribution < -0.4 is 10.5 Å². The van der Waals surface area contributed by atoms with Crippen LogP contribution in [0.1, 0.15) is 6.42 Å². The lowest BCUT2D eigenvalue weighted by Crippen LogP contribution is -2.29. The zero-order valence-electron chi connectivity index (χ0n) is 4.42. The molecule has 5 heteroatoms. The Balaban J connectivity index is 0.000000122. The van der Waals surface area contributed by atoms with Gasteiger partial charge in [0.25, 0.3) is 0 Å². The molecule has 0 aromatic carbocycles. The first-order chi connectivity index (χ1) is 3.73. The zero-order valence-corrected chi connectivity index (χ0v) is 5.24. The summed E-state index contributed by atoms with van der Waals surface area (Å²) in [6.07, 6.45) is 1.39. The minimum Gasteiger partial charge on any atom is -0.760 e. The highest BCUT2D eigenvalue weighted by Crippen LogP contribution is 1.80. The molecule has 0 spiro atoms. The van der Waals surface area contributed by atoms with Crippen LogP contribution in [0.25, 0.3) is 0 Å². The van der Waals surface area contributed by atoms with E-state index in [1.165, 1.54) is 19.5 Å². The molecular weight excluding hydrogens is 128 g/mol. The normalized spacial score (nSPS) is 19.8. The summed E-state index contributed by atoms with van der Waals surface area (Å²) in [5, 5.41) is 7.14. The Bertz CT molecular complexity index is 65.7. The van der Waals surface area contributed by atoms with E-state index in [0.717, 1.165) is 0 Å². The van der Waals surface area contributed by atoms with Crippen molar-refractivity contribution in [2.24, 2.45) is 5.14 Å². The first-order valence-corrected chi connectivity index (χ1v) is 3.41. The molecule has 1 heterocycles. The SMILES string of the molecule is C1CNC1.NS(=O)[O-]. The van der Waals surface area contributed by atoms with Crippen molar-refractivity contribution in [1.29, 1.82) is 0 Å². The number of hydrogen-bond donors (Lipinski definition) is 2. The average Bonchev–Trinajstić information content (AvgIpc) is 1.19. The quantitative estimate of drug-likeness (QED) is 0.408. The van der Waals surface area contributed by atoms with E-state index in [4.69, 9.17) is 8.76 Å². The maximum Gasteiger partial charge on any atom is 0.0152 e. The first kappa shape index (κ1) is 8.03. The molecule has 8 heavy (non-hydrogen) atoms. The van der Waals surface area contributed by atoms with Crippen LogP contribution in [0.5, 0.6) is 0 Å². The van der Waals surface area contributed by atoms with Crippen LogP contribution in [0.4, 0.5) is 0 Å². The summed E-state index contributed by atoms with van der Waals surface area (Å²) >= 11 is -2.36. The summed E-state index contributed by atoms with van der Waals surface area (Å²) in [5.74, 6) is 0. The molecule has 1 rings (SSSR count). The number of rotatable bonds is 0. The van der Waals surface area contributed by atoms with Gasteiger partial charge in [-0.05, 0) is 19.5 Å². The lowest BCUT2D eigenvalue weighted by molar-refractivity contribution is 0.527. The zero-order chi connectivity index (χ0) is 6.41. The standard InChI is InChI=1S/C3H7N.H3NO2S/c1-2-4-3-1;1-4(2)3/h4H,1-3H2;1H2,(H,2,3)/p-1. The van der Waals surface area contributed by atoms with Gasteiger partial charge in [0.15, 0.2) is 0 Å².